The molecule has 0 amide bonds. The van der Waals surface area contributed by atoms with Gasteiger partial charge in [-0.3, -0.25) is 14.9 Å². The van der Waals surface area contributed by atoms with Gasteiger partial charge < -0.3 is 9.67 Å². The fourth-order valence-corrected chi connectivity index (χ4v) is 4.36. The van der Waals surface area contributed by atoms with Gasteiger partial charge in [0.25, 0.3) is 5.56 Å². The molecule has 5 rings (SSSR count). The predicted octanol–water partition coefficient (Wildman–Crippen LogP) is 1.16. The number of aliphatic hydroxyl groups is 1. The van der Waals surface area contributed by atoms with Crippen molar-refractivity contribution >= 4 is 38.3 Å². The molecule has 1 aliphatic rings. The number of thiazole rings is 1. The lowest BCUT2D eigenvalue weighted by Crippen LogP contribution is -2.24. The highest BCUT2D eigenvalue weighted by Crippen LogP contribution is 2.34. The van der Waals surface area contributed by atoms with E-state index in [9.17, 15) is 9.90 Å². The van der Waals surface area contributed by atoms with Crippen LogP contribution in [0.2, 0.25) is 0 Å². The van der Waals surface area contributed by atoms with E-state index in [0.29, 0.717) is 35.0 Å². The summed E-state index contributed by atoms with van der Waals surface area (Å²) in [5.74, 6) is 0. The molecule has 1 atom stereocenters. The maximum Gasteiger partial charge on any atom is 0.291 e. The second-order valence-electron chi connectivity index (χ2n) is 6.29. The Hall–Kier alpha value is -3.11. The molecule has 0 saturated heterocycles. The maximum atomic E-state index is 12.9. The van der Waals surface area contributed by atoms with Crippen LogP contribution in [0.4, 0.5) is 0 Å². The molecule has 10 heteroatoms. The number of fused-ring (bicyclic) bond motifs is 3. The monoisotopic (exact) mass is 381 g/mol. The van der Waals surface area contributed by atoms with Gasteiger partial charge in [-0.05, 0) is 12.1 Å². The van der Waals surface area contributed by atoms with Crippen molar-refractivity contribution in [2.75, 3.05) is 6.54 Å². The average molecular weight is 381 g/mol. The number of H-pyrrole nitrogens is 1. The van der Waals surface area contributed by atoms with Crippen LogP contribution in [0.3, 0.4) is 0 Å². The molecule has 0 aliphatic carbocycles. The summed E-state index contributed by atoms with van der Waals surface area (Å²) in [6.07, 6.45) is 6.16. The third-order valence-corrected chi connectivity index (χ3v) is 5.73. The van der Waals surface area contributed by atoms with Gasteiger partial charge in [0, 0.05) is 18.6 Å². The first-order chi connectivity index (χ1) is 13.1. The Labute approximate surface area is 156 Å². The predicted molar refractivity (Wildman–Crippen MR) is 102 cm³/mol. The Kier molecular flexibility index (Phi) is 3.55. The first-order valence-corrected chi connectivity index (χ1v) is 9.17. The smallest absolute Gasteiger partial charge is 0.291 e. The molecule has 0 spiro atoms. The van der Waals surface area contributed by atoms with E-state index >= 15 is 0 Å². The molecule has 5 heterocycles. The number of aryl methyl sites for hydroxylation is 1. The zero-order valence-corrected chi connectivity index (χ0v) is 15.1. The van der Waals surface area contributed by atoms with E-state index in [1.54, 1.807) is 30.1 Å². The van der Waals surface area contributed by atoms with E-state index in [4.69, 9.17) is 0 Å². The van der Waals surface area contributed by atoms with Crippen LogP contribution in [0.25, 0.3) is 21.3 Å². The Morgan fingerprint density at radius 1 is 1.44 bits per heavy atom. The average Bonchev–Trinajstić information content (AvgIpc) is 3.44. The van der Waals surface area contributed by atoms with Gasteiger partial charge in [0.15, 0.2) is 5.65 Å². The minimum absolute atomic E-state index is 0.194. The SMILES string of the molecule is Cn1c2nc(C(O)C3=NCC=C3)sc2c2cnn(Cc3ccn[nH]3)c(=O)c21. The molecular weight excluding hydrogens is 366 g/mol. The van der Waals surface area contributed by atoms with Crippen molar-refractivity contribution in [3.8, 4) is 0 Å². The largest absolute Gasteiger partial charge is 0.380 e. The fraction of sp³-hybridized carbons (Fsp3) is 0.235. The zero-order chi connectivity index (χ0) is 18.5. The van der Waals surface area contributed by atoms with Crippen LogP contribution in [-0.2, 0) is 13.6 Å². The zero-order valence-electron chi connectivity index (χ0n) is 14.3. The first-order valence-electron chi connectivity index (χ1n) is 8.35. The molecular formula is C17H15N7O2S. The van der Waals surface area contributed by atoms with Crippen molar-refractivity contribution < 1.29 is 5.11 Å². The Morgan fingerprint density at radius 3 is 3.07 bits per heavy atom. The third-order valence-electron chi connectivity index (χ3n) is 4.60. The van der Waals surface area contributed by atoms with Gasteiger partial charge in [0.2, 0.25) is 0 Å². The summed E-state index contributed by atoms with van der Waals surface area (Å²) in [4.78, 5) is 21.7. The molecule has 0 bridgehead atoms. The number of rotatable bonds is 4. The summed E-state index contributed by atoms with van der Waals surface area (Å²) >= 11 is 1.36. The number of aliphatic hydroxyl groups excluding tert-OH is 1. The summed E-state index contributed by atoms with van der Waals surface area (Å²) in [6.45, 7) is 0.900. The molecule has 0 aromatic carbocycles. The van der Waals surface area contributed by atoms with Crippen LogP contribution in [0.1, 0.15) is 16.8 Å². The molecule has 0 fully saturated rings. The van der Waals surface area contributed by atoms with Crippen LogP contribution in [0.5, 0.6) is 0 Å². The summed E-state index contributed by atoms with van der Waals surface area (Å²) in [7, 11) is 1.80. The molecule has 1 unspecified atom stereocenters. The molecule has 2 N–H and O–H groups in total. The fourth-order valence-electron chi connectivity index (χ4n) is 3.26. The van der Waals surface area contributed by atoms with E-state index in [1.165, 1.54) is 16.0 Å². The quantitative estimate of drug-likeness (QED) is 0.551. The van der Waals surface area contributed by atoms with Crippen molar-refractivity contribution in [2.45, 2.75) is 12.6 Å². The summed E-state index contributed by atoms with van der Waals surface area (Å²) in [5.41, 5.74) is 2.41. The first kappa shape index (κ1) is 16.1. The number of aliphatic imine (C=N–C) groups is 1. The molecule has 0 saturated carbocycles. The summed E-state index contributed by atoms with van der Waals surface area (Å²) in [6, 6.07) is 1.80. The van der Waals surface area contributed by atoms with Crippen LogP contribution in [0.15, 0.2) is 40.4 Å². The van der Waals surface area contributed by atoms with Crippen LogP contribution in [0, 0.1) is 0 Å². The van der Waals surface area contributed by atoms with Crippen molar-refractivity contribution in [1.29, 1.82) is 0 Å². The highest BCUT2D eigenvalue weighted by Gasteiger charge is 2.23. The van der Waals surface area contributed by atoms with Crippen LogP contribution >= 0.6 is 11.3 Å². The van der Waals surface area contributed by atoms with E-state index in [2.05, 4.69) is 25.3 Å². The number of nitrogens with zero attached hydrogens (tertiary/aromatic N) is 6. The standard InChI is InChI=1S/C17H15N7O2S/c1-23-12-10(7-20-24(17(12)26)8-9-4-6-19-22-9)14-15(23)21-16(27-14)13(25)11-3-2-5-18-11/h2-4,6-7,13,25H,5,8H2,1H3,(H,19,22). The maximum absolute atomic E-state index is 12.9. The summed E-state index contributed by atoms with van der Waals surface area (Å²) < 4.78 is 3.99. The van der Waals surface area contributed by atoms with Gasteiger partial charge in [-0.1, -0.05) is 6.08 Å². The normalized spacial score (nSPS) is 15.1. The van der Waals surface area contributed by atoms with Gasteiger partial charge in [-0.15, -0.1) is 11.3 Å². The lowest BCUT2D eigenvalue weighted by atomic mass is 10.2. The molecule has 9 nitrogen and oxygen atoms in total. The van der Waals surface area contributed by atoms with Crippen molar-refractivity contribution in [3.05, 3.63) is 51.7 Å². The van der Waals surface area contributed by atoms with Crippen LogP contribution in [-0.4, -0.2) is 46.9 Å². The number of nitrogens with one attached hydrogen (secondary N) is 1. The van der Waals surface area contributed by atoms with E-state index in [1.807, 2.05) is 12.2 Å². The van der Waals surface area contributed by atoms with Crippen molar-refractivity contribution in [2.24, 2.45) is 12.0 Å². The number of aromatic nitrogens is 6. The van der Waals surface area contributed by atoms with Crippen LogP contribution < -0.4 is 5.56 Å². The lowest BCUT2D eigenvalue weighted by Gasteiger charge is -2.06. The summed E-state index contributed by atoms with van der Waals surface area (Å²) in [5, 5.41) is 22.8. The molecule has 0 radical (unpaired) electrons. The minimum Gasteiger partial charge on any atom is -0.380 e. The molecule has 4 aromatic heterocycles. The van der Waals surface area contributed by atoms with E-state index < -0.39 is 6.10 Å². The number of hydrogen-bond acceptors (Lipinski definition) is 7. The highest BCUT2D eigenvalue weighted by atomic mass is 32.1. The van der Waals surface area contributed by atoms with Gasteiger partial charge >= 0.3 is 0 Å². The van der Waals surface area contributed by atoms with E-state index in [0.717, 1.165) is 15.8 Å². The van der Waals surface area contributed by atoms with Gasteiger partial charge in [-0.2, -0.15) is 10.2 Å². The minimum atomic E-state index is -0.857. The molecule has 27 heavy (non-hydrogen) atoms. The third kappa shape index (κ3) is 2.45. The molecule has 1 aliphatic heterocycles. The topological polar surface area (TPSA) is 114 Å². The Bertz CT molecular complexity index is 1280. The second kappa shape index (κ2) is 5.96. The van der Waals surface area contributed by atoms with Crippen molar-refractivity contribution in [3.63, 3.8) is 0 Å². The van der Waals surface area contributed by atoms with Crippen molar-refractivity contribution in [1.82, 2.24) is 29.5 Å². The van der Waals surface area contributed by atoms with E-state index in [-0.39, 0.29) is 5.56 Å². The number of hydrogen-bond donors (Lipinski definition) is 2. The lowest BCUT2D eigenvalue weighted by molar-refractivity contribution is 0.248. The molecule has 136 valence electrons. The Morgan fingerprint density at radius 2 is 2.33 bits per heavy atom. The Balaban J connectivity index is 1.63. The van der Waals surface area contributed by atoms with Gasteiger partial charge in [0.1, 0.15) is 16.6 Å². The molecule has 4 aromatic rings. The van der Waals surface area contributed by atoms with Gasteiger partial charge in [0.05, 0.1) is 35.4 Å². The van der Waals surface area contributed by atoms with Gasteiger partial charge in [-0.25, -0.2) is 9.67 Å². The highest BCUT2D eigenvalue weighted by molar-refractivity contribution is 7.19. The number of aromatic amines is 1. The second-order valence-corrected chi connectivity index (χ2v) is 7.32.